The van der Waals surface area contributed by atoms with Crippen molar-refractivity contribution in [3.05, 3.63) is 27.7 Å². The third kappa shape index (κ3) is 8.44. The predicted molar refractivity (Wildman–Crippen MR) is 95.2 cm³/mol. The quantitative estimate of drug-likeness (QED) is 0.471. The lowest BCUT2D eigenvalue weighted by Gasteiger charge is -2.09. The zero-order chi connectivity index (χ0) is 17.2. The fourth-order valence-electron chi connectivity index (χ4n) is 1.62. The lowest BCUT2D eigenvalue weighted by Crippen LogP contribution is -2.37. The highest BCUT2D eigenvalue weighted by Crippen LogP contribution is 2.27. The second kappa shape index (κ2) is 10.7. The lowest BCUT2D eigenvalue weighted by molar-refractivity contribution is -0.122. The van der Waals surface area contributed by atoms with Gasteiger partial charge in [0.15, 0.2) is 0 Å². The van der Waals surface area contributed by atoms with Crippen LogP contribution in [-0.4, -0.2) is 36.9 Å². The molecule has 0 saturated carbocycles. The Hall–Kier alpha value is -0.980. The molecule has 0 radical (unpaired) electrons. The van der Waals surface area contributed by atoms with Gasteiger partial charge in [-0.2, -0.15) is 0 Å². The van der Waals surface area contributed by atoms with Gasteiger partial charge < -0.3 is 15.4 Å². The molecule has 0 aliphatic heterocycles. The van der Waals surface area contributed by atoms with E-state index in [2.05, 4.69) is 26.6 Å². The number of hydrogen-bond donors (Lipinski definition) is 2. The molecule has 23 heavy (non-hydrogen) atoms. The van der Waals surface area contributed by atoms with Crippen LogP contribution in [0.5, 0.6) is 5.75 Å². The van der Waals surface area contributed by atoms with Crippen LogP contribution in [0.1, 0.15) is 19.8 Å². The molecule has 0 aromatic heterocycles. The third-order valence-electron chi connectivity index (χ3n) is 2.81. The summed E-state index contributed by atoms with van der Waals surface area (Å²) in [7, 11) is 0. The number of carbonyl (C=O) groups is 2. The van der Waals surface area contributed by atoms with Crippen molar-refractivity contribution in [1.82, 2.24) is 10.6 Å². The Morgan fingerprint density at radius 3 is 2.65 bits per heavy atom. The Balaban J connectivity index is 2.11. The number of nitrogens with one attached hydrogen (secondary N) is 2. The molecule has 5 nitrogen and oxygen atoms in total. The number of ether oxygens (including phenoxy) is 1. The number of rotatable bonds is 9. The summed E-state index contributed by atoms with van der Waals surface area (Å²) in [6.45, 7) is 2.71. The first-order chi connectivity index (χ1) is 10.9. The highest BCUT2D eigenvalue weighted by molar-refractivity contribution is 9.10. The van der Waals surface area contributed by atoms with E-state index in [1.807, 2.05) is 6.07 Å². The summed E-state index contributed by atoms with van der Waals surface area (Å²) in [6.07, 6.45) is 0.914. The molecule has 1 aromatic rings. The fraction of sp³-hybridized carbons (Fsp3) is 0.467. The highest BCUT2D eigenvalue weighted by Gasteiger charge is 2.08. The minimum Gasteiger partial charge on any atom is -0.492 e. The van der Waals surface area contributed by atoms with E-state index in [-0.39, 0.29) is 11.8 Å². The maximum atomic E-state index is 11.6. The molecule has 1 atom stereocenters. The number of hydrogen-bond acceptors (Lipinski definition) is 3. The Morgan fingerprint density at radius 1 is 1.30 bits per heavy atom. The average molecular weight is 426 g/mol. The molecule has 0 heterocycles. The zero-order valence-corrected chi connectivity index (χ0v) is 15.8. The summed E-state index contributed by atoms with van der Waals surface area (Å²) in [5, 5.41) is 5.26. The Kier molecular flexibility index (Phi) is 9.36. The third-order valence-corrected chi connectivity index (χ3v) is 3.79. The van der Waals surface area contributed by atoms with Crippen LogP contribution in [0.4, 0.5) is 0 Å². The van der Waals surface area contributed by atoms with Crippen molar-refractivity contribution in [3.8, 4) is 5.75 Å². The van der Waals surface area contributed by atoms with Crippen molar-refractivity contribution in [2.75, 3.05) is 19.7 Å². The maximum absolute atomic E-state index is 11.6. The summed E-state index contributed by atoms with van der Waals surface area (Å²) < 4.78 is 6.40. The molecule has 0 bridgehead atoms. The molecule has 2 amide bonds. The average Bonchev–Trinajstić information content (AvgIpc) is 2.49. The van der Waals surface area contributed by atoms with Crippen molar-refractivity contribution >= 4 is 50.9 Å². The standard InChI is InChI=1S/C15H19BrCl2N2O3/c1-10(17)15(22)20-7-6-19-14(21)3-2-8-23-13-5-4-11(16)9-12(13)18/h4-5,9-10H,2-3,6-8H2,1H3,(H,19,21)(H,20,22). The largest absolute Gasteiger partial charge is 0.492 e. The summed E-state index contributed by atoms with van der Waals surface area (Å²) in [6, 6.07) is 5.36. The van der Waals surface area contributed by atoms with Crippen molar-refractivity contribution in [2.24, 2.45) is 0 Å². The van der Waals surface area contributed by atoms with Crippen LogP contribution in [-0.2, 0) is 9.59 Å². The topological polar surface area (TPSA) is 67.4 Å². The lowest BCUT2D eigenvalue weighted by atomic mass is 10.3. The predicted octanol–water partition coefficient (Wildman–Crippen LogP) is 3.12. The first-order valence-electron chi connectivity index (χ1n) is 7.16. The molecule has 1 rings (SSSR count). The molecular formula is C15H19BrCl2N2O3. The van der Waals surface area contributed by atoms with Crippen LogP contribution in [0.25, 0.3) is 0 Å². The van der Waals surface area contributed by atoms with Crippen molar-refractivity contribution in [3.63, 3.8) is 0 Å². The van der Waals surface area contributed by atoms with Gasteiger partial charge in [0, 0.05) is 24.0 Å². The van der Waals surface area contributed by atoms with Crippen LogP contribution in [0.3, 0.4) is 0 Å². The Bertz CT molecular complexity index is 541. The van der Waals surface area contributed by atoms with Gasteiger partial charge in [0.25, 0.3) is 0 Å². The molecule has 1 aromatic carbocycles. The monoisotopic (exact) mass is 424 g/mol. The molecule has 2 N–H and O–H groups in total. The van der Waals surface area contributed by atoms with E-state index in [9.17, 15) is 9.59 Å². The van der Waals surface area contributed by atoms with Crippen molar-refractivity contribution < 1.29 is 14.3 Å². The smallest absolute Gasteiger partial charge is 0.237 e. The van der Waals surface area contributed by atoms with Gasteiger partial charge in [0.2, 0.25) is 11.8 Å². The molecular weight excluding hydrogens is 407 g/mol. The van der Waals surface area contributed by atoms with Gasteiger partial charge in [-0.25, -0.2) is 0 Å². The first-order valence-corrected chi connectivity index (χ1v) is 8.77. The Morgan fingerprint density at radius 2 is 2.00 bits per heavy atom. The number of benzene rings is 1. The van der Waals surface area contributed by atoms with Crippen LogP contribution < -0.4 is 15.4 Å². The van der Waals surface area contributed by atoms with Gasteiger partial charge in [0.05, 0.1) is 11.6 Å². The number of amides is 2. The van der Waals surface area contributed by atoms with Gasteiger partial charge in [-0.05, 0) is 31.5 Å². The maximum Gasteiger partial charge on any atom is 0.237 e. The first kappa shape index (κ1) is 20.1. The van der Waals surface area contributed by atoms with E-state index in [0.29, 0.717) is 43.3 Å². The van der Waals surface area contributed by atoms with E-state index < -0.39 is 5.38 Å². The molecule has 0 fully saturated rings. The summed E-state index contributed by atoms with van der Waals surface area (Å²) in [5.41, 5.74) is 0. The van der Waals surface area contributed by atoms with E-state index in [4.69, 9.17) is 27.9 Å². The normalized spacial score (nSPS) is 11.7. The van der Waals surface area contributed by atoms with E-state index >= 15 is 0 Å². The number of halogens is 3. The van der Waals surface area contributed by atoms with Crippen LogP contribution in [0.2, 0.25) is 5.02 Å². The molecule has 8 heteroatoms. The van der Waals surface area contributed by atoms with Gasteiger partial charge in [-0.3, -0.25) is 9.59 Å². The summed E-state index contributed by atoms with van der Waals surface area (Å²) in [5.74, 6) is 0.248. The molecule has 0 aliphatic rings. The molecule has 1 unspecified atom stereocenters. The van der Waals surface area contributed by atoms with Gasteiger partial charge in [0.1, 0.15) is 11.1 Å². The van der Waals surface area contributed by atoms with Crippen LogP contribution in [0, 0.1) is 0 Å². The molecule has 0 aliphatic carbocycles. The van der Waals surface area contributed by atoms with Crippen LogP contribution >= 0.6 is 39.1 Å². The summed E-state index contributed by atoms with van der Waals surface area (Å²) in [4.78, 5) is 22.8. The highest BCUT2D eigenvalue weighted by atomic mass is 79.9. The van der Waals surface area contributed by atoms with Crippen LogP contribution in [0.15, 0.2) is 22.7 Å². The minimum atomic E-state index is -0.576. The molecule has 0 saturated heterocycles. The fourth-order valence-corrected chi connectivity index (χ4v) is 2.43. The summed E-state index contributed by atoms with van der Waals surface area (Å²) >= 11 is 14.9. The van der Waals surface area contributed by atoms with Crippen molar-refractivity contribution in [1.29, 1.82) is 0 Å². The molecule has 0 spiro atoms. The second-order valence-electron chi connectivity index (χ2n) is 4.78. The number of alkyl halides is 1. The second-order valence-corrected chi connectivity index (χ2v) is 6.76. The van der Waals surface area contributed by atoms with Gasteiger partial charge in [-0.15, -0.1) is 11.6 Å². The molecule has 128 valence electrons. The number of carbonyl (C=O) groups excluding carboxylic acids is 2. The minimum absolute atomic E-state index is 0.0938. The van der Waals surface area contributed by atoms with E-state index in [1.165, 1.54) is 0 Å². The Labute approximate surface area is 154 Å². The van der Waals surface area contributed by atoms with Crippen molar-refractivity contribution in [2.45, 2.75) is 25.1 Å². The van der Waals surface area contributed by atoms with Gasteiger partial charge >= 0.3 is 0 Å². The SMILES string of the molecule is CC(Cl)C(=O)NCCNC(=O)CCCOc1ccc(Br)cc1Cl. The van der Waals surface area contributed by atoms with E-state index in [0.717, 1.165) is 4.47 Å². The zero-order valence-electron chi connectivity index (χ0n) is 12.7. The van der Waals surface area contributed by atoms with E-state index in [1.54, 1.807) is 19.1 Å². The van der Waals surface area contributed by atoms with Gasteiger partial charge in [-0.1, -0.05) is 27.5 Å².